The summed E-state index contributed by atoms with van der Waals surface area (Å²) in [6.07, 6.45) is 0. The second kappa shape index (κ2) is 2.78. The molecule has 0 nitrogen and oxygen atoms in total. The molecule has 0 aliphatic heterocycles. The van der Waals surface area contributed by atoms with E-state index in [0.717, 1.165) is 21.9 Å². The van der Waals surface area contributed by atoms with E-state index in [4.69, 9.17) is 0 Å². The standard InChI is InChI=1S/C7H9FSi/c8-7-4-2-1-3-6(7)5-9/h1-4H,5H2,9H3. The highest BCUT2D eigenvalue weighted by Crippen LogP contribution is 2.04. The quantitative estimate of drug-likeness (QED) is 0.503. The van der Waals surface area contributed by atoms with Gasteiger partial charge in [0.1, 0.15) is 5.82 Å². The highest BCUT2D eigenvalue weighted by molar-refractivity contribution is 6.08. The van der Waals surface area contributed by atoms with Gasteiger partial charge in [0.25, 0.3) is 0 Å². The maximum absolute atomic E-state index is 12.6. The molecule has 0 saturated carbocycles. The summed E-state index contributed by atoms with van der Waals surface area (Å²) in [6.45, 7) is 0. The fraction of sp³-hybridized carbons (Fsp3) is 0.143. The summed E-state index contributed by atoms with van der Waals surface area (Å²) in [5, 5.41) is 0. The van der Waals surface area contributed by atoms with Gasteiger partial charge in [-0.2, -0.15) is 0 Å². The van der Waals surface area contributed by atoms with Gasteiger partial charge in [-0.1, -0.05) is 18.2 Å². The van der Waals surface area contributed by atoms with Gasteiger partial charge in [-0.05, 0) is 17.7 Å². The average molecular weight is 140 g/mol. The van der Waals surface area contributed by atoms with Gasteiger partial charge in [0.05, 0.1) is 0 Å². The van der Waals surface area contributed by atoms with Crippen LogP contribution in [0.4, 0.5) is 4.39 Å². The lowest BCUT2D eigenvalue weighted by molar-refractivity contribution is 0.617. The van der Waals surface area contributed by atoms with Crippen molar-refractivity contribution in [2.75, 3.05) is 0 Å². The molecular formula is C7H9FSi. The van der Waals surface area contributed by atoms with Crippen molar-refractivity contribution in [3.8, 4) is 0 Å². The van der Waals surface area contributed by atoms with Gasteiger partial charge < -0.3 is 0 Å². The van der Waals surface area contributed by atoms with Gasteiger partial charge in [-0.3, -0.25) is 0 Å². The minimum Gasteiger partial charge on any atom is -0.207 e. The maximum Gasteiger partial charge on any atom is 0.126 e. The van der Waals surface area contributed by atoms with E-state index in [1.54, 1.807) is 6.07 Å². The molecule has 0 aromatic heterocycles. The molecule has 0 radical (unpaired) electrons. The lowest BCUT2D eigenvalue weighted by Gasteiger charge is -1.94. The van der Waals surface area contributed by atoms with E-state index in [2.05, 4.69) is 0 Å². The van der Waals surface area contributed by atoms with Gasteiger partial charge >= 0.3 is 0 Å². The van der Waals surface area contributed by atoms with Crippen LogP contribution in [0.1, 0.15) is 5.56 Å². The summed E-state index contributed by atoms with van der Waals surface area (Å²) in [4.78, 5) is 0. The van der Waals surface area contributed by atoms with E-state index in [9.17, 15) is 4.39 Å². The molecule has 0 bridgehead atoms. The molecule has 0 N–H and O–H groups in total. The van der Waals surface area contributed by atoms with Crippen LogP contribution in [0.25, 0.3) is 0 Å². The Bertz CT molecular complexity index is 198. The Morgan fingerprint density at radius 1 is 1.33 bits per heavy atom. The van der Waals surface area contributed by atoms with Crippen molar-refractivity contribution in [1.29, 1.82) is 0 Å². The predicted molar refractivity (Wildman–Crippen MR) is 40.0 cm³/mol. The predicted octanol–water partition coefficient (Wildman–Crippen LogP) is 0.691. The normalized spacial score (nSPS) is 9.89. The molecular weight excluding hydrogens is 131 g/mol. The van der Waals surface area contributed by atoms with Crippen molar-refractivity contribution < 1.29 is 4.39 Å². The zero-order valence-electron chi connectivity index (χ0n) is 5.39. The van der Waals surface area contributed by atoms with E-state index in [1.807, 2.05) is 12.1 Å². The summed E-state index contributed by atoms with van der Waals surface area (Å²) in [5.41, 5.74) is 0.851. The number of rotatable bonds is 1. The van der Waals surface area contributed by atoms with E-state index >= 15 is 0 Å². The lowest BCUT2D eigenvalue weighted by atomic mass is 10.2. The molecule has 0 aliphatic rings. The van der Waals surface area contributed by atoms with Crippen molar-refractivity contribution in [3.05, 3.63) is 35.6 Å². The summed E-state index contributed by atoms with van der Waals surface area (Å²) >= 11 is 0. The maximum atomic E-state index is 12.6. The van der Waals surface area contributed by atoms with E-state index in [1.165, 1.54) is 6.07 Å². The molecule has 9 heavy (non-hydrogen) atoms. The summed E-state index contributed by atoms with van der Waals surface area (Å²) in [5.74, 6) is -0.0625. The third-order valence-electron chi connectivity index (χ3n) is 1.34. The number of hydrogen-bond acceptors (Lipinski definition) is 0. The SMILES string of the molecule is Fc1ccccc1C[SiH3]. The molecule has 1 rings (SSSR count). The molecule has 0 fully saturated rings. The van der Waals surface area contributed by atoms with Crippen LogP contribution < -0.4 is 0 Å². The first-order chi connectivity index (χ1) is 4.34. The van der Waals surface area contributed by atoms with Crippen LogP contribution in [0.15, 0.2) is 24.3 Å². The zero-order chi connectivity index (χ0) is 6.69. The minimum absolute atomic E-state index is 0.0625. The topological polar surface area (TPSA) is 0 Å². The second-order valence-electron chi connectivity index (χ2n) is 1.94. The zero-order valence-corrected chi connectivity index (χ0v) is 7.39. The molecule has 0 heterocycles. The average Bonchev–Trinajstić information content (AvgIpc) is 1.89. The van der Waals surface area contributed by atoms with Crippen molar-refractivity contribution in [2.45, 2.75) is 6.04 Å². The monoisotopic (exact) mass is 140 g/mol. The highest BCUT2D eigenvalue weighted by atomic mass is 28.1. The van der Waals surface area contributed by atoms with Crippen LogP contribution in [0.5, 0.6) is 0 Å². The third kappa shape index (κ3) is 1.39. The van der Waals surface area contributed by atoms with E-state index < -0.39 is 0 Å². The third-order valence-corrected chi connectivity index (χ3v) is 2.10. The molecule has 0 amide bonds. The summed E-state index contributed by atoms with van der Waals surface area (Å²) in [6, 6.07) is 7.84. The summed E-state index contributed by atoms with van der Waals surface area (Å²) < 4.78 is 12.6. The van der Waals surface area contributed by atoms with E-state index in [0.29, 0.717) is 0 Å². The van der Waals surface area contributed by atoms with Crippen molar-refractivity contribution in [2.24, 2.45) is 0 Å². The molecule has 2 heteroatoms. The molecule has 1 aromatic rings. The Morgan fingerprint density at radius 2 is 2.00 bits per heavy atom. The molecule has 0 unspecified atom stereocenters. The van der Waals surface area contributed by atoms with Crippen molar-refractivity contribution in [3.63, 3.8) is 0 Å². The molecule has 0 spiro atoms. The molecule has 0 saturated heterocycles. The van der Waals surface area contributed by atoms with Crippen LogP contribution in [0.3, 0.4) is 0 Å². The van der Waals surface area contributed by atoms with Gasteiger partial charge in [0.2, 0.25) is 0 Å². The number of hydrogen-bond donors (Lipinski definition) is 0. The number of halogens is 1. The number of benzene rings is 1. The van der Waals surface area contributed by atoms with Gasteiger partial charge in [0.15, 0.2) is 0 Å². The molecule has 0 atom stereocenters. The van der Waals surface area contributed by atoms with Crippen LogP contribution in [0, 0.1) is 5.82 Å². The van der Waals surface area contributed by atoms with E-state index in [-0.39, 0.29) is 5.82 Å². The van der Waals surface area contributed by atoms with Crippen molar-refractivity contribution in [1.82, 2.24) is 0 Å². The Kier molecular flexibility index (Phi) is 2.00. The molecule has 1 aromatic carbocycles. The highest BCUT2D eigenvalue weighted by Gasteiger charge is 1.93. The Morgan fingerprint density at radius 3 is 2.44 bits per heavy atom. The van der Waals surface area contributed by atoms with Crippen molar-refractivity contribution >= 4 is 10.2 Å². The second-order valence-corrected chi connectivity index (χ2v) is 2.65. The Balaban J connectivity index is 3.01. The van der Waals surface area contributed by atoms with Gasteiger partial charge in [-0.25, -0.2) is 4.39 Å². The first-order valence-electron chi connectivity index (χ1n) is 3.08. The molecule has 0 aliphatic carbocycles. The largest absolute Gasteiger partial charge is 0.207 e. The first-order valence-corrected chi connectivity index (χ1v) is 4.49. The van der Waals surface area contributed by atoms with Gasteiger partial charge in [-0.15, -0.1) is 0 Å². The fourth-order valence-corrected chi connectivity index (χ4v) is 1.36. The fourth-order valence-electron chi connectivity index (χ4n) is 0.785. The van der Waals surface area contributed by atoms with Crippen LogP contribution in [-0.4, -0.2) is 10.2 Å². The lowest BCUT2D eigenvalue weighted by Crippen LogP contribution is -1.87. The smallest absolute Gasteiger partial charge is 0.126 e. The van der Waals surface area contributed by atoms with Crippen LogP contribution in [0.2, 0.25) is 0 Å². The Labute approximate surface area is 57.1 Å². The first kappa shape index (κ1) is 6.49. The Hall–Kier alpha value is -0.633. The minimum atomic E-state index is -0.0625. The summed E-state index contributed by atoms with van der Waals surface area (Å²) in [7, 11) is 1.04. The van der Waals surface area contributed by atoms with Crippen LogP contribution in [-0.2, 0) is 6.04 Å². The molecule has 48 valence electrons. The van der Waals surface area contributed by atoms with Crippen LogP contribution >= 0.6 is 0 Å². The van der Waals surface area contributed by atoms with Gasteiger partial charge in [0, 0.05) is 10.2 Å².